The van der Waals surface area contributed by atoms with Crippen LogP contribution in [0.2, 0.25) is 0 Å². The van der Waals surface area contributed by atoms with E-state index in [1.54, 1.807) is 0 Å². The van der Waals surface area contributed by atoms with Crippen molar-refractivity contribution in [1.29, 1.82) is 0 Å². The van der Waals surface area contributed by atoms with Gasteiger partial charge in [-0.1, -0.05) is 12.1 Å². The van der Waals surface area contributed by atoms with E-state index in [1.165, 1.54) is 5.69 Å². The molecule has 3 rings (SSSR count). The number of rotatable bonds is 5. The molecule has 5 heteroatoms. The SMILES string of the molecule is CN1CCN(CC(NC2CC2)C(=O)O)c2ccccc21. The molecule has 1 aliphatic heterocycles. The van der Waals surface area contributed by atoms with Gasteiger partial charge in [0.05, 0.1) is 11.4 Å². The van der Waals surface area contributed by atoms with Gasteiger partial charge in [0.2, 0.25) is 0 Å². The smallest absolute Gasteiger partial charge is 0.322 e. The molecule has 2 N–H and O–H groups in total. The minimum absolute atomic E-state index is 0.402. The van der Waals surface area contributed by atoms with Crippen LogP contribution in [0.15, 0.2) is 24.3 Å². The van der Waals surface area contributed by atoms with Crippen LogP contribution in [0.4, 0.5) is 11.4 Å². The van der Waals surface area contributed by atoms with Crippen molar-refractivity contribution in [3.63, 3.8) is 0 Å². The molecule has 1 aliphatic carbocycles. The van der Waals surface area contributed by atoms with Gasteiger partial charge in [0.1, 0.15) is 6.04 Å². The van der Waals surface area contributed by atoms with Gasteiger partial charge in [-0.15, -0.1) is 0 Å². The van der Waals surface area contributed by atoms with Gasteiger partial charge in [-0.25, -0.2) is 0 Å². The topological polar surface area (TPSA) is 55.8 Å². The molecule has 1 saturated carbocycles. The van der Waals surface area contributed by atoms with Gasteiger partial charge in [-0.3, -0.25) is 4.79 Å². The lowest BCUT2D eigenvalue weighted by molar-refractivity contribution is -0.139. The van der Waals surface area contributed by atoms with Gasteiger partial charge in [0.15, 0.2) is 0 Å². The van der Waals surface area contributed by atoms with Crippen molar-refractivity contribution in [2.75, 3.05) is 36.5 Å². The molecule has 20 heavy (non-hydrogen) atoms. The van der Waals surface area contributed by atoms with Crippen molar-refractivity contribution in [2.45, 2.75) is 24.9 Å². The quantitative estimate of drug-likeness (QED) is 0.844. The molecule has 2 aliphatic rings. The third-order valence-electron chi connectivity index (χ3n) is 4.05. The number of anilines is 2. The molecule has 0 saturated heterocycles. The van der Waals surface area contributed by atoms with Gasteiger partial charge in [0, 0.05) is 32.7 Å². The van der Waals surface area contributed by atoms with Crippen LogP contribution in [0, 0.1) is 0 Å². The maximum atomic E-state index is 11.4. The summed E-state index contributed by atoms with van der Waals surface area (Å²) in [5.74, 6) is -0.756. The van der Waals surface area contributed by atoms with Crippen LogP contribution in [-0.2, 0) is 4.79 Å². The molecule has 1 unspecified atom stereocenters. The van der Waals surface area contributed by atoms with E-state index in [4.69, 9.17) is 0 Å². The lowest BCUT2D eigenvalue weighted by Gasteiger charge is -2.38. The number of nitrogens with zero attached hydrogens (tertiary/aromatic N) is 2. The van der Waals surface area contributed by atoms with Gasteiger partial charge < -0.3 is 20.2 Å². The predicted molar refractivity (Wildman–Crippen MR) is 79.5 cm³/mol. The number of para-hydroxylation sites is 2. The summed E-state index contributed by atoms with van der Waals surface area (Å²) >= 11 is 0. The van der Waals surface area contributed by atoms with E-state index in [2.05, 4.69) is 34.3 Å². The van der Waals surface area contributed by atoms with Gasteiger partial charge in [-0.05, 0) is 25.0 Å². The molecule has 0 spiro atoms. The molecule has 1 atom stereocenters. The highest BCUT2D eigenvalue weighted by molar-refractivity contribution is 5.77. The minimum atomic E-state index is -0.756. The number of benzene rings is 1. The highest BCUT2D eigenvalue weighted by Crippen LogP contribution is 2.31. The van der Waals surface area contributed by atoms with Crippen LogP contribution in [-0.4, -0.2) is 49.8 Å². The molecule has 1 aromatic carbocycles. The Labute approximate surface area is 119 Å². The summed E-state index contributed by atoms with van der Waals surface area (Å²) in [7, 11) is 2.08. The lowest BCUT2D eigenvalue weighted by Crippen LogP contribution is -2.50. The summed E-state index contributed by atoms with van der Waals surface area (Å²) in [5, 5.41) is 12.6. The Hall–Kier alpha value is -1.75. The second kappa shape index (κ2) is 5.32. The standard InChI is InChI=1S/C15H21N3O2/c1-17-8-9-18(14-5-3-2-4-13(14)17)10-12(15(19)20)16-11-6-7-11/h2-5,11-12,16H,6-10H2,1H3,(H,19,20). The van der Waals surface area contributed by atoms with Crippen LogP contribution < -0.4 is 15.1 Å². The Morgan fingerprint density at radius 1 is 1.35 bits per heavy atom. The van der Waals surface area contributed by atoms with E-state index in [1.807, 2.05) is 12.1 Å². The van der Waals surface area contributed by atoms with Crippen LogP contribution >= 0.6 is 0 Å². The summed E-state index contributed by atoms with van der Waals surface area (Å²) in [4.78, 5) is 15.8. The molecule has 108 valence electrons. The lowest BCUT2D eigenvalue weighted by atomic mass is 10.1. The highest BCUT2D eigenvalue weighted by atomic mass is 16.4. The number of aliphatic carboxylic acids is 1. The number of nitrogens with one attached hydrogen (secondary N) is 1. The van der Waals surface area contributed by atoms with Crippen LogP contribution in [0.3, 0.4) is 0 Å². The third-order valence-corrected chi connectivity index (χ3v) is 4.05. The summed E-state index contributed by atoms with van der Waals surface area (Å²) in [6.45, 7) is 2.31. The maximum absolute atomic E-state index is 11.4. The van der Waals surface area contributed by atoms with E-state index >= 15 is 0 Å². The number of carboxylic acid groups (broad SMARTS) is 1. The second-order valence-corrected chi connectivity index (χ2v) is 5.69. The summed E-state index contributed by atoms with van der Waals surface area (Å²) < 4.78 is 0. The monoisotopic (exact) mass is 275 g/mol. The van der Waals surface area contributed by atoms with Crippen molar-refractivity contribution in [2.24, 2.45) is 0 Å². The Bertz CT molecular complexity index is 502. The van der Waals surface area contributed by atoms with Crippen LogP contribution in [0.1, 0.15) is 12.8 Å². The van der Waals surface area contributed by atoms with Crippen molar-refractivity contribution in [3.05, 3.63) is 24.3 Å². The summed E-state index contributed by atoms with van der Waals surface area (Å²) in [6.07, 6.45) is 2.20. The van der Waals surface area contributed by atoms with Crippen molar-refractivity contribution in [1.82, 2.24) is 5.32 Å². The maximum Gasteiger partial charge on any atom is 0.322 e. The highest BCUT2D eigenvalue weighted by Gasteiger charge is 2.31. The molecule has 0 bridgehead atoms. The Morgan fingerprint density at radius 2 is 2.05 bits per heavy atom. The molecule has 1 aromatic rings. The van der Waals surface area contributed by atoms with E-state index < -0.39 is 12.0 Å². The van der Waals surface area contributed by atoms with Crippen LogP contribution in [0.25, 0.3) is 0 Å². The Balaban J connectivity index is 1.76. The van der Waals surface area contributed by atoms with Gasteiger partial charge in [-0.2, -0.15) is 0 Å². The van der Waals surface area contributed by atoms with Gasteiger partial charge in [0.25, 0.3) is 0 Å². The average Bonchev–Trinajstić information content (AvgIpc) is 3.25. The van der Waals surface area contributed by atoms with E-state index in [0.29, 0.717) is 12.6 Å². The fourth-order valence-electron chi connectivity index (χ4n) is 2.71. The zero-order valence-electron chi connectivity index (χ0n) is 11.7. The molecule has 0 radical (unpaired) electrons. The van der Waals surface area contributed by atoms with E-state index in [-0.39, 0.29) is 0 Å². The minimum Gasteiger partial charge on any atom is -0.480 e. The predicted octanol–water partition coefficient (Wildman–Crippen LogP) is 1.15. The zero-order valence-corrected chi connectivity index (χ0v) is 11.7. The number of carboxylic acids is 1. The van der Waals surface area contributed by atoms with Crippen molar-refractivity contribution < 1.29 is 9.90 Å². The molecular formula is C15H21N3O2. The number of likely N-dealkylation sites (N-methyl/N-ethyl adjacent to an activating group) is 1. The largest absolute Gasteiger partial charge is 0.480 e. The summed E-state index contributed by atoms with van der Waals surface area (Å²) in [6, 6.07) is 8.11. The molecule has 0 aromatic heterocycles. The van der Waals surface area contributed by atoms with E-state index in [9.17, 15) is 9.90 Å². The van der Waals surface area contributed by atoms with Crippen molar-refractivity contribution in [3.8, 4) is 0 Å². The average molecular weight is 275 g/mol. The first kappa shape index (κ1) is 13.2. The molecule has 5 nitrogen and oxygen atoms in total. The van der Waals surface area contributed by atoms with Gasteiger partial charge >= 0.3 is 5.97 Å². The molecular weight excluding hydrogens is 254 g/mol. The van der Waals surface area contributed by atoms with Crippen LogP contribution in [0.5, 0.6) is 0 Å². The fraction of sp³-hybridized carbons (Fsp3) is 0.533. The third kappa shape index (κ3) is 2.72. The normalized spacial score (nSPS) is 19.6. The molecule has 1 heterocycles. The first-order valence-electron chi connectivity index (χ1n) is 7.19. The molecule has 1 fully saturated rings. The Morgan fingerprint density at radius 3 is 2.70 bits per heavy atom. The number of fused-ring (bicyclic) bond motifs is 1. The first-order chi connectivity index (χ1) is 9.65. The number of hydrogen-bond acceptors (Lipinski definition) is 4. The first-order valence-corrected chi connectivity index (χ1v) is 7.19. The number of carbonyl (C=O) groups is 1. The second-order valence-electron chi connectivity index (χ2n) is 5.69. The van der Waals surface area contributed by atoms with Crippen molar-refractivity contribution >= 4 is 17.3 Å². The Kier molecular flexibility index (Phi) is 3.53. The summed E-state index contributed by atoms with van der Waals surface area (Å²) in [5.41, 5.74) is 2.31. The zero-order chi connectivity index (χ0) is 14.1. The fourth-order valence-corrected chi connectivity index (χ4v) is 2.71. The number of hydrogen-bond donors (Lipinski definition) is 2. The van der Waals surface area contributed by atoms with E-state index in [0.717, 1.165) is 31.6 Å². The molecule has 0 amide bonds.